The summed E-state index contributed by atoms with van der Waals surface area (Å²) >= 11 is 0. The minimum atomic E-state index is -0.646. The molecule has 10 amide bonds. The van der Waals surface area contributed by atoms with E-state index >= 15 is 0 Å². The number of hydrogen-bond acceptors (Lipinski definition) is 12. The van der Waals surface area contributed by atoms with E-state index in [0.717, 1.165) is 0 Å². The van der Waals surface area contributed by atoms with Crippen LogP contribution in [0.15, 0.2) is 86.0 Å². The zero-order valence-corrected chi connectivity index (χ0v) is 48.0. The number of fused-ring (bicyclic) bond motifs is 16. The number of anilines is 8. The van der Waals surface area contributed by atoms with Crippen LogP contribution in [-0.2, 0) is 66.0 Å². The summed E-state index contributed by atoms with van der Waals surface area (Å²) < 4.78 is 11.8. The predicted octanol–water partition coefficient (Wildman–Crippen LogP) is -0.250. The van der Waals surface area contributed by atoms with Gasteiger partial charge in [0.15, 0.2) is 11.6 Å². The number of rotatable bonds is 0. The number of amides is 10. The summed E-state index contributed by atoms with van der Waals surface area (Å²) in [6, 6.07) is 7.57. The van der Waals surface area contributed by atoms with E-state index < -0.39 is 71.2 Å². The molecule has 0 fully saturated rings. The molecule has 16 bridgehead atoms. The standard InChI is InChI=1S/C54H62N22O10/c1-69-19-29-11-35(69)47(79)57-17-27(55)9-43(77)65-41-25-75(7)45(67-41)53(85)64-34-16-40(74(6)24-34)52(84)62-32-14-38(72(4)22-32)50(82)60-30-12-36(70(2)20-30)48(80)58-18-28(56)10-44(78)66-42-26-76(8)46(68-42)54(86)63-33-15-39(73(5)23-33)51(83)61-31-13-37(49(81)59-29)71(3)21-31/h11-16,19-28H,9-10,17-18,55-56H2,1-8H3,(H,57,79)(H,58,80)(H,59,81)(H,60,82)(H,61,83)(H,62,84)(H,63,86)(H,64,85)(H,65,77)(H,66,78)/p+2/t27-,28-/m1/s1. The Hall–Kier alpha value is -11.3. The molecule has 2 atom stereocenters. The second-order valence-electron chi connectivity index (χ2n) is 20.9. The van der Waals surface area contributed by atoms with E-state index in [1.807, 2.05) is 0 Å². The zero-order valence-electron chi connectivity index (χ0n) is 48.0. The van der Waals surface area contributed by atoms with Gasteiger partial charge in [-0.15, -0.1) is 0 Å². The molecular weight excluding hydrogens is 1120 g/mol. The van der Waals surface area contributed by atoms with Gasteiger partial charge in [0.25, 0.3) is 47.3 Å². The summed E-state index contributed by atoms with van der Waals surface area (Å²) in [5.74, 6) is -5.47. The fourth-order valence-corrected chi connectivity index (χ4v) is 9.49. The number of carbonyl (C=O) groups is 10. The maximum Gasteiger partial charge on any atom is 0.291 e. The predicted molar refractivity (Wildman–Crippen MR) is 311 cm³/mol. The molecule has 0 saturated heterocycles. The van der Waals surface area contributed by atoms with Crippen LogP contribution in [0.4, 0.5) is 45.8 Å². The van der Waals surface area contributed by atoms with Gasteiger partial charge in [0.1, 0.15) is 46.2 Å². The van der Waals surface area contributed by atoms with Crippen LogP contribution in [0.25, 0.3) is 0 Å². The molecule has 1 aliphatic rings. The number of aromatic nitrogens is 10. The Morgan fingerprint density at radius 2 is 0.558 bits per heavy atom. The maximum atomic E-state index is 13.5. The molecule has 86 heavy (non-hydrogen) atoms. The van der Waals surface area contributed by atoms with Crippen LogP contribution in [0.5, 0.6) is 0 Å². The minimum absolute atomic E-state index is 0.00334. The van der Waals surface area contributed by atoms with Crippen molar-refractivity contribution in [3.8, 4) is 0 Å². The molecule has 32 nitrogen and oxygen atoms in total. The summed E-state index contributed by atoms with van der Waals surface area (Å²) in [7, 11) is 12.8. The lowest BCUT2D eigenvalue weighted by Gasteiger charge is -2.10. The number of imidazole rings is 2. The second-order valence-corrected chi connectivity index (χ2v) is 20.9. The molecule has 9 heterocycles. The van der Waals surface area contributed by atoms with E-state index in [1.165, 1.54) is 110 Å². The summed E-state index contributed by atoms with van der Waals surface area (Å²) in [5, 5.41) is 27.3. The molecule has 0 radical (unpaired) electrons. The summed E-state index contributed by atoms with van der Waals surface area (Å²) in [5.41, 5.74) is 10.7. The van der Waals surface area contributed by atoms with E-state index in [9.17, 15) is 47.9 Å². The first-order chi connectivity index (χ1) is 40.7. The van der Waals surface area contributed by atoms with Crippen LogP contribution in [0.1, 0.15) is 97.0 Å². The highest BCUT2D eigenvalue weighted by molar-refractivity contribution is 6.10. The molecule has 0 unspecified atom stereocenters. The Balaban J connectivity index is 0.887. The van der Waals surface area contributed by atoms with Crippen LogP contribution in [-0.4, -0.2) is 131 Å². The van der Waals surface area contributed by atoms with E-state index in [-0.39, 0.29) is 106 Å². The van der Waals surface area contributed by atoms with Gasteiger partial charge in [-0.25, -0.2) is 9.97 Å². The molecule has 448 valence electrons. The van der Waals surface area contributed by atoms with Crippen molar-refractivity contribution in [2.45, 2.75) is 24.9 Å². The summed E-state index contributed by atoms with van der Waals surface area (Å²) in [6.45, 7) is -0.00669. The highest BCUT2D eigenvalue weighted by Crippen LogP contribution is 2.23. The van der Waals surface area contributed by atoms with E-state index in [2.05, 4.69) is 74.6 Å². The average Bonchev–Trinajstić information content (AvgIpc) is 4.30. The molecule has 0 aromatic carbocycles. The van der Waals surface area contributed by atoms with Gasteiger partial charge in [0, 0.05) is 106 Å². The molecule has 0 spiro atoms. The fourth-order valence-electron chi connectivity index (χ4n) is 9.49. The normalized spacial score (nSPS) is 16.8. The van der Waals surface area contributed by atoms with Crippen molar-refractivity contribution in [2.24, 2.45) is 56.4 Å². The number of carbonyl (C=O) groups excluding carboxylic acids is 10. The van der Waals surface area contributed by atoms with Crippen molar-refractivity contribution < 1.29 is 59.4 Å². The topological polar surface area (TPSA) is 411 Å². The monoisotopic (exact) mass is 1180 g/mol. The molecule has 0 saturated carbocycles. The fraction of sp³-hybridized carbons (Fsp3) is 0.259. The van der Waals surface area contributed by atoms with Gasteiger partial charge in [-0.3, -0.25) is 47.9 Å². The van der Waals surface area contributed by atoms with Gasteiger partial charge in [-0.1, -0.05) is 0 Å². The molecule has 1 aliphatic heterocycles. The van der Waals surface area contributed by atoms with E-state index in [0.29, 0.717) is 11.4 Å². The Bertz CT molecular complexity index is 3800. The van der Waals surface area contributed by atoms with Crippen LogP contribution in [0, 0.1) is 0 Å². The Kier molecular flexibility index (Phi) is 16.8. The summed E-state index contributed by atoms with van der Waals surface area (Å²) in [4.78, 5) is 142. The van der Waals surface area contributed by atoms with Crippen molar-refractivity contribution in [3.05, 3.63) is 132 Å². The quantitative estimate of drug-likeness (QED) is 0.0936. The number of aryl methyl sites for hydroxylation is 8. The number of hydrogen-bond donors (Lipinski definition) is 12. The molecule has 9 rings (SSSR count). The molecule has 8 aromatic rings. The van der Waals surface area contributed by atoms with Gasteiger partial charge in [-0.2, -0.15) is 0 Å². The van der Waals surface area contributed by atoms with Crippen molar-refractivity contribution in [2.75, 3.05) is 55.6 Å². The Morgan fingerprint density at radius 3 is 0.814 bits per heavy atom. The van der Waals surface area contributed by atoms with Gasteiger partial charge in [0.05, 0.1) is 60.1 Å². The largest absolute Gasteiger partial charge is 0.353 e. The summed E-state index contributed by atoms with van der Waals surface area (Å²) in [6.07, 6.45) is 11.8. The molecule has 16 N–H and O–H groups in total. The highest BCUT2D eigenvalue weighted by Gasteiger charge is 2.26. The number of nitrogens with one attached hydrogen (secondary N) is 10. The van der Waals surface area contributed by atoms with Gasteiger partial charge in [-0.05, 0) is 36.4 Å². The number of nitrogens with zero attached hydrogens (tertiary/aromatic N) is 10. The van der Waals surface area contributed by atoms with Crippen LogP contribution >= 0.6 is 0 Å². The molecular formula is C54H64N22O10+2. The van der Waals surface area contributed by atoms with Crippen LogP contribution in [0.2, 0.25) is 0 Å². The Labute approximate surface area is 488 Å². The average molecular weight is 1180 g/mol. The van der Waals surface area contributed by atoms with Crippen LogP contribution < -0.4 is 64.6 Å². The van der Waals surface area contributed by atoms with E-state index in [4.69, 9.17) is 0 Å². The lowest BCUT2D eigenvalue weighted by Crippen LogP contribution is -2.66. The SMILES string of the molecule is Cn1cc2cc1C(=O)NC[C@H]([NH3+])CC(=O)Nc1cn(C)c(n1)C(=O)Nc1cc(n(C)c1)C(=O)Nc1cc(n(C)c1)C(=O)Nc1cc(n(C)c1)C(=O)NC[C@H]([NH3+])CC(=O)Nc1cn(C)c(n1)C(=O)Nc1cc(n(C)c1)C(=O)Nc1cc(n(C)c1)C(=O)N2. The second kappa shape index (κ2) is 24.3. The molecule has 32 heteroatoms. The maximum absolute atomic E-state index is 13.5. The first kappa shape index (κ1) is 59.3. The lowest BCUT2D eigenvalue weighted by molar-refractivity contribution is -0.416. The van der Waals surface area contributed by atoms with Crippen molar-refractivity contribution in [1.82, 2.24) is 57.1 Å². The molecule has 8 aromatic heterocycles. The smallest absolute Gasteiger partial charge is 0.291 e. The van der Waals surface area contributed by atoms with Gasteiger partial charge < -0.3 is 101 Å². The van der Waals surface area contributed by atoms with E-state index in [1.54, 1.807) is 68.8 Å². The van der Waals surface area contributed by atoms with Gasteiger partial charge in [0.2, 0.25) is 23.5 Å². The molecule has 0 aliphatic carbocycles. The van der Waals surface area contributed by atoms with Crippen molar-refractivity contribution >= 4 is 105 Å². The zero-order chi connectivity index (χ0) is 62.0. The van der Waals surface area contributed by atoms with Crippen molar-refractivity contribution in [3.63, 3.8) is 0 Å². The third-order valence-corrected chi connectivity index (χ3v) is 13.7. The van der Waals surface area contributed by atoms with Gasteiger partial charge >= 0.3 is 0 Å². The van der Waals surface area contributed by atoms with Crippen LogP contribution in [0.3, 0.4) is 0 Å². The number of quaternary nitrogens is 2. The first-order valence-electron chi connectivity index (χ1n) is 26.5. The third-order valence-electron chi connectivity index (χ3n) is 13.7. The first-order valence-corrected chi connectivity index (χ1v) is 26.5. The lowest BCUT2D eigenvalue weighted by atomic mass is 10.2. The Morgan fingerprint density at radius 1 is 0.326 bits per heavy atom. The van der Waals surface area contributed by atoms with Crippen molar-refractivity contribution in [1.29, 1.82) is 0 Å². The third kappa shape index (κ3) is 13.5. The highest BCUT2D eigenvalue weighted by atomic mass is 16.2. The minimum Gasteiger partial charge on any atom is -0.353 e.